The highest BCUT2D eigenvalue weighted by atomic mass is 16.5. The van der Waals surface area contributed by atoms with E-state index in [4.69, 9.17) is 15.2 Å². The van der Waals surface area contributed by atoms with Gasteiger partial charge in [-0.25, -0.2) is 0 Å². The van der Waals surface area contributed by atoms with Crippen LogP contribution in [-0.2, 0) is 30.3 Å². The number of likely N-dealkylation sites (N-methyl/N-ethyl adjacent to an activating group) is 1. The summed E-state index contributed by atoms with van der Waals surface area (Å²) in [6.07, 6.45) is 0.308. The third-order valence-corrected chi connectivity index (χ3v) is 8.08. The Hall–Kier alpha value is -3.63. The number of fused-ring (bicyclic) bond motifs is 3. The molecule has 0 unspecified atom stereocenters. The maximum Gasteiger partial charge on any atom is 0.255 e. The molecule has 10 nitrogen and oxygen atoms in total. The number of ketones is 2. The van der Waals surface area contributed by atoms with E-state index >= 15 is 0 Å². The molecule has 5 N–H and O–H groups in total. The number of phenolic OH excluding ortho intramolecular Hbond substituents is 1. The van der Waals surface area contributed by atoms with Gasteiger partial charge in [-0.05, 0) is 45.5 Å². The van der Waals surface area contributed by atoms with Crippen molar-refractivity contribution in [2.24, 2.45) is 16.6 Å². The van der Waals surface area contributed by atoms with Crippen LogP contribution in [0.4, 0.5) is 0 Å². The summed E-state index contributed by atoms with van der Waals surface area (Å²) in [5.74, 6) is -3.95. The third kappa shape index (κ3) is 3.58. The number of primary amides is 1. The predicted molar refractivity (Wildman–Crippen MR) is 138 cm³/mol. The van der Waals surface area contributed by atoms with E-state index in [9.17, 15) is 29.7 Å². The third-order valence-electron chi connectivity index (χ3n) is 8.08. The lowest BCUT2D eigenvalue weighted by Crippen LogP contribution is -2.74. The van der Waals surface area contributed by atoms with E-state index in [1.54, 1.807) is 51.9 Å². The summed E-state index contributed by atoms with van der Waals surface area (Å²) in [4.78, 5) is 42.5. The monoisotopic (exact) mass is 526 g/mol. The molecule has 0 bridgehead atoms. The fourth-order valence-corrected chi connectivity index (χ4v) is 6.81. The number of aliphatic hydroxyl groups is 2. The molecule has 3 aliphatic rings. The molecule has 1 aromatic rings. The number of carbonyl (C=O) groups excluding carboxylic acids is 3. The van der Waals surface area contributed by atoms with Gasteiger partial charge in [0.15, 0.2) is 5.60 Å². The van der Waals surface area contributed by atoms with Gasteiger partial charge in [-0.2, -0.15) is 0 Å². The summed E-state index contributed by atoms with van der Waals surface area (Å²) in [5.41, 5.74) is 0.232. The fourth-order valence-electron chi connectivity index (χ4n) is 6.81. The van der Waals surface area contributed by atoms with E-state index in [1.165, 1.54) is 6.07 Å². The van der Waals surface area contributed by atoms with Gasteiger partial charge in [0.2, 0.25) is 11.6 Å². The van der Waals surface area contributed by atoms with Gasteiger partial charge in [0.25, 0.3) is 5.91 Å². The largest absolute Gasteiger partial charge is 0.507 e. The van der Waals surface area contributed by atoms with Crippen molar-refractivity contribution in [3.8, 4) is 5.75 Å². The molecule has 1 amide bonds. The van der Waals surface area contributed by atoms with Crippen LogP contribution in [0.5, 0.6) is 5.75 Å². The molecule has 4 rings (SSSR count). The number of Topliss-reactive ketones (excluding diaryl/α,β-unsaturated/α-hetero) is 2. The quantitative estimate of drug-likeness (QED) is 0.236. The van der Waals surface area contributed by atoms with E-state index in [0.717, 1.165) is 0 Å². The van der Waals surface area contributed by atoms with Crippen molar-refractivity contribution < 1.29 is 39.2 Å². The normalized spacial score (nSPS) is 30.6. The lowest BCUT2D eigenvalue weighted by atomic mass is 9.45. The first-order valence-corrected chi connectivity index (χ1v) is 12.4. The number of ether oxygens (including phenoxy) is 2. The molecule has 1 aromatic carbocycles. The van der Waals surface area contributed by atoms with Crippen molar-refractivity contribution in [2.75, 3.05) is 27.3 Å². The number of rotatable bonds is 7. The number of amides is 1. The standard InChI is InChI=1S/C28H34N2O8/c1-7-37-14(2)12-38-21-18(25(29)35)23(33)28(36)24(34)19-20(32)17-15(9-8-10-16(17)31)11-26(19,3)13-27(28,4)22(21)30(5)6/h8-10,22,31-32,36H,2,7,11-13H2,1,3-6H3,(H2,29,35)/t22-,26+,27+,28-/m1/s1. The SMILES string of the molecule is C=C(COC1=C(C(N)=O)C(=O)[C@@]2(O)C(=O)C3=C(O)c4c(O)cccc4C[C@@]3(C)C[C@@]2(C)[C@@H]1N(C)C)OCC. The van der Waals surface area contributed by atoms with Crippen LogP contribution >= 0.6 is 0 Å². The van der Waals surface area contributed by atoms with Crippen molar-refractivity contribution in [3.63, 3.8) is 0 Å². The van der Waals surface area contributed by atoms with Crippen LogP contribution in [0.1, 0.15) is 38.3 Å². The fraction of sp³-hybridized carbons (Fsp3) is 0.464. The molecule has 0 spiro atoms. The number of hydrogen-bond donors (Lipinski definition) is 4. The lowest BCUT2D eigenvalue weighted by molar-refractivity contribution is -0.181. The van der Waals surface area contributed by atoms with Gasteiger partial charge in [-0.3, -0.25) is 19.3 Å². The summed E-state index contributed by atoms with van der Waals surface area (Å²) in [6, 6.07) is 3.82. The van der Waals surface area contributed by atoms with Crippen LogP contribution in [-0.4, -0.2) is 76.6 Å². The number of nitrogens with zero attached hydrogens (tertiary/aromatic N) is 1. The van der Waals surface area contributed by atoms with Gasteiger partial charge in [0.05, 0.1) is 18.2 Å². The average Bonchev–Trinajstić information content (AvgIpc) is 2.79. The number of phenols is 1. The molecule has 1 fully saturated rings. The maximum atomic E-state index is 14.2. The van der Waals surface area contributed by atoms with E-state index in [0.29, 0.717) is 12.2 Å². The highest BCUT2D eigenvalue weighted by molar-refractivity contribution is 6.33. The van der Waals surface area contributed by atoms with Gasteiger partial charge in [-0.1, -0.05) is 32.6 Å². The minimum absolute atomic E-state index is 0.0522. The summed E-state index contributed by atoms with van der Waals surface area (Å²) in [5, 5.41) is 33.8. The molecule has 4 atom stereocenters. The Morgan fingerprint density at radius 2 is 1.87 bits per heavy atom. The van der Waals surface area contributed by atoms with E-state index in [2.05, 4.69) is 6.58 Å². The van der Waals surface area contributed by atoms with Crippen LogP contribution < -0.4 is 5.73 Å². The number of nitrogens with two attached hydrogens (primary N) is 1. The Morgan fingerprint density at radius 3 is 2.45 bits per heavy atom. The first-order chi connectivity index (χ1) is 17.7. The highest BCUT2D eigenvalue weighted by Crippen LogP contribution is 2.62. The summed E-state index contributed by atoms with van der Waals surface area (Å²) in [7, 11) is 3.35. The van der Waals surface area contributed by atoms with E-state index in [-0.39, 0.29) is 47.9 Å². The molecule has 204 valence electrons. The van der Waals surface area contributed by atoms with Crippen molar-refractivity contribution >= 4 is 23.2 Å². The van der Waals surface area contributed by atoms with Crippen molar-refractivity contribution in [1.29, 1.82) is 0 Å². The number of hydrogen-bond acceptors (Lipinski definition) is 9. The molecular weight excluding hydrogens is 492 g/mol. The van der Waals surface area contributed by atoms with Gasteiger partial charge >= 0.3 is 0 Å². The highest BCUT2D eigenvalue weighted by Gasteiger charge is 2.73. The number of benzene rings is 1. The minimum Gasteiger partial charge on any atom is -0.507 e. The van der Waals surface area contributed by atoms with E-state index < -0.39 is 51.3 Å². The van der Waals surface area contributed by atoms with Crippen LogP contribution in [0.3, 0.4) is 0 Å². The minimum atomic E-state index is -2.75. The molecule has 38 heavy (non-hydrogen) atoms. The molecule has 0 saturated heterocycles. The maximum absolute atomic E-state index is 14.2. The molecule has 0 heterocycles. The second-order valence-corrected chi connectivity index (χ2v) is 11.0. The van der Waals surface area contributed by atoms with Crippen molar-refractivity contribution in [3.05, 3.63) is 58.6 Å². The zero-order chi connectivity index (χ0) is 28.4. The molecule has 10 heteroatoms. The molecule has 0 radical (unpaired) electrons. The molecular formula is C28H34N2O8. The molecule has 3 aliphatic carbocycles. The summed E-state index contributed by atoms with van der Waals surface area (Å²) in [6.45, 7) is 9.06. The summed E-state index contributed by atoms with van der Waals surface area (Å²) >= 11 is 0. The van der Waals surface area contributed by atoms with Gasteiger partial charge in [-0.15, -0.1) is 0 Å². The Morgan fingerprint density at radius 1 is 1.21 bits per heavy atom. The molecule has 0 aromatic heterocycles. The Balaban J connectivity index is 1.98. The van der Waals surface area contributed by atoms with Crippen molar-refractivity contribution in [2.45, 2.75) is 45.3 Å². The zero-order valence-electron chi connectivity index (χ0n) is 22.3. The zero-order valence-corrected chi connectivity index (χ0v) is 22.3. The first-order valence-electron chi connectivity index (χ1n) is 12.4. The van der Waals surface area contributed by atoms with Crippen LogP contribution in [0.2, 0.25) is 0 Å². The van der Waals surface area contributed by atoms with Gasteiger partial charge in [0.1, 0.15) is 35.2 Å². The van der Waals surface area contributed by atoms with E-state index in [1.807, 2.05) is 0 Å². The second kappa shape index (κ2) is 8.99. The van der Waals surface area contributed by atoms with Gasteiger partial charge < -0.3 is 30.5 Å². The van der Waals surface area contributed by atoms with Crippen LogP contribution in [0.25, 0.3) is 5.76 Å². The van der Waals surface area contributed by atoms with Crippen molar-refractivity contribution in [1.82, 2.24) is 4.90 Å². The smallest absolute Gasteiger partial charge is 0.255 e. The Bertz CT molecular complexity index is 1330. The first kappa shape index (κ1) is 27.4. The predicted octanol–water partition coefficient (Wildman–Crippen LogP) is 1.75. The Labute approximate surface area is 221 Å². The topological polar surface area (TPSA) is 160 Å². The van der Waals surface area contributed by atoms with Crippen LogP contribution in [0, 0.1) is 10.8 Å². The number of carbonyl (C=O) groups is 3. The number of aliphatic hydroxyl groups excluding tert-OH is 1. The van der Waals surface area contributed by atoms with Gasteiger partial charge in [0, 0.05) is 16.4 Å². The van der Waals surface area contributed by atoms with Crippen LogP contribution in [0.15, 0.2) is 47.4 Å². The molecule has 1 saturated carbocycles. The average molecular weight is 527 g/mol. The Kier molecular flexibility index (Phi) is 6.48. The molecule has 0 aliphatic heterocycles. The number of aromatic hydroxyl groups is 1. The summed E-state index contributed by atoms with van der Waals surface area (Å²) < 4.78 is 11.3. The lowest BCUT2D eigenvalue weighted by Gasteiger charge is -2.60. The second-order valence-electron chi connectivity index (χ2n) is 11.0.